The van der Waals surface area contributed by atoms with E-state index in [1.807, 2.05) is 26.0 Å². The summed E-state index contributed by atoms with van der Waals surface area (Å²) < 4.78 is 1.01. The topological polar surface area (TPSA) is 37.4 Å². The summed E-state index contributed by atoms with van der Waals surface area (Å²) in [6.07, 6.45) is 0. The van der Waals surface area contributed by atoms with Gasteiger partial charge in [0.25, 0.3) is 11.8 Å². The van der Waals surface area contributed by atoms with Crippen molar-refractivity contribution >= 4 is 33.4 Å². The molecule has 0 aliphatic carbocycles. The van der Waals surface area contributed by atoms with Gasteiger partial charge < -0.3 is 0 Å². The van der Waals surface area contributed by atoms with Crippen LogP contribution < -0.4 is 4.90 Å². The molecule has 4 heteroatoms. The van der Waals surface area contributed by atoms with Crippen LogP contribution in [0.25, 0.3) is 0 Å². The van der Waals surface area contributed by atoms with Crippen LogP contribution in [0.4, 0.5) is 5.69 Å². The number of amides is 2. The first-order chi connectivity index (χ1) is 8.34. The second-order valence-corrected chi connectivity index (χ2v) is 5.38. The van der Waals surface area contributed by atoms with Gasteiger partial charge in [-0.15, -0.1) is 0 Å². The second kappa shape index (κ2) is 4.35. The molecule has 0 saturated carbocycles. The summed E-state index contributed by atoms with van der Waals surface area (Å²) in [5.41, 5.74) is 3.71. The zero-order valence-corrected chi connectivity index (χ0v) is 12.4. The quantitative estimate of drug-likeness (QED) is 0.747. The minimum Gasteiger partial charge on any atom is -0.269 e. The monoisotopic (exact) mass is 307 g/mol. The molecule has 18 heavy (non-hydrogen) atoms. The molecule has 2 rings (SSSR count). The van der Waals surface area contributed by atoms with Crippen LogP contribution in [0.3, 0.4) is 0 Å². The third-order valence-corrected chi connectivity index (χ3v) is 4.54. The number of carbonyl (C=O) groups excluding carboxylic acids is 2. The number of rotatable bonds is 1. The molecule has 1 aromatic rings. The molecule has 1 aromatic carbocycles. The van der Waals surface area contributed by atoms with Crippen LogP contribution in [0.5, 0.6) is 0 Å². The summed E-state index contributed by atoms with van der Waals surface area (Å²) in [6.45, 7) is 7.26. The summed E-state index contributed by atoms with van der Waals surface area (Å²) in [7, 11) is 0. The van der Waals surface area contributed by atoms with Gasteiger partial charge in [-0.25, -0.2) is 4.90 Å². The molecule has 0 spiro atoms. The lowest BCUT2D eigenvalue weighted by molar-refractivity contribution is -0.120. The Balaban J connectivity index is 2.53. The number of nitrogens with zero attached hydrogens (tertiary/aromatic N) is 1. The van der Waals surface area contributed by atoms with Gasteiger partial charge >= 0.3 is 0 Å². The van der Waals surface area contributed by atoms with E-state index in [0.717, 1.165) is 15.6 Å². The fraction of sp³-hybridized carbons (Fsp3) is 0.286. The number of hydrogen-bond donors (Lipinski definition) is 0. The first-order valence-corrected chi connectivity index (χ1v) is 6.47. The van der Waals surface area contributed by atoms with E-state index in [4.69, 9.17) is 0 Å². The van der Waals surface area contributed by atoms with E-state index >= 15 is 0 Å². The van der Waals surface area contributed by atoms with E-state index in [2.05, 4.69) is 15.9 Å². The molecule has 0 aromatic heterocycles. The molecular formula is C14H14BrNO2. The van der Waals surface area contributed by atoms with Gasteiger partial charge in [-0.05, 0) is 51.0 Å². The third-order valence-electron chi connectivity index (χ3n) is 3.29. The number of aryl methyl sites for hydroxylation is 2. The molecule has 0 unspecified atom stereocenters. The largest absolute Gasteiger partial charge is 0.269 e. The van der Waals surface area contributed by atoms with Crippen molar-refractivity contribution in [3.63, 3.8) is 0 Å². The molecule has 0 fully saturated rings. The first-order valence-electron chi connectivity index (χ1n) is 5.67. The van der Waals surface area contributed by atoms with Gasteiger partial charge in [-0.3, -0.25) is 9.59 Å². The highest BCUT2D eigenvalue weighted by molar-refractivity contribution is 9.10. The van der Waals surface area contributed by atoms with Crippen LogP contribution >= 0.6 is 15.9 Å². The highest BCUT2D eigenvalue weighted by Crippen LogP contribution is 2.31. The predicted octanol–water partition coefficient (Wildman–Crippen LogP) is 3.28. The number of imide groups is 1. The molecule has 0 bridgehead atoms. The lowest BCUT2D eigenvalue weighted by Crippen LogP contribution is -2.31. The Bertz CT molecular complexity index is 555. The standard InChI is InChI=1S/C14H14BrNO2/c1-7-5-11(6-8(2)12(7)15)16-13(17)9(3)10(4)14(16)18/h5-6H,1-4H3. The molecular weight excluding hydrogens is 294 g/mol. The Hall–Kier alpha value is -1.42. The van der Waals surface area contributed by atoms with Gasteiger partial charge in [0.1, 0.15) is 0 Å². The van der Waals surface area contributed by atoms with E-state index < -0.39 is 0 Å². The van der Waals surface area contributed by atoms with Crippen molar-refractivity contribution in [1.82, 2.24) is 0 Å². The first kappa shape index (κ1) is 13.0. The van der Waals surface area contributed by atoms with Crippen molar-refractivity contribution in [2.75, 3.05) is 4.90 Å². The van der Waals surface area contributed by atoms with Crippen LogP contribution in [-0.4, -0.2) is 11.8 Å². The van der Waals surface area contributed by atoms with E-state index in [-0.39, 0.29) is 11.8 Å². The van der Waals surface area contributed by atoms with Gasteiger partial charge in [0.2, 0.25) is 0 Å². The summed E-state index contributed by atoms with van der Waals surface area (Å²) in [4.78, 5) is 25.4. The lowest BCUT2D eigenvalue weighted by atomic mass is 10.1. The highest BCUT2D eigenvalue weighted by atomic mass is 79.9. The molecule has 2 amide bonds. The smallest absolute Gasteiger partial charge is 0.261 e. The Morgan fingerprint density at radius 2 is 1.28 bits per heavy atom. The summed E-state index contributed by atoms with van der Waals surface area (Å²) in [6, 6.07) is 3.69. The van der Waals surface area contributed by atoms with Crippen LogP contribution in [0.1, 0.15) is 25.0 Å². The van der Waals surface area contributed by atoms with Crippen molar-refractivity contribution in [3.8, 4) is 0 Å². The maximum atomic E-state index is 12.1. The number of halogens is 1. The van der Waals surface area contributed by atoms with Crippen LogP contribution in [0, 0.1) is 13.8 Å². The SMILES string of the molecule is CC1=C(C)C(=O)N(c2cc(C)c(Br)c(C)c2)C1=O. The lowest BCUT2D eigenvalue weighted by Gasteiger charge is -2.17. The minimum atomic E-state index is -0.223. The summed E-state index contributed by atoms with van der Waals surface area (Å²) in [5, 5.41) is 0. The second-order valence-electron chi connectivity index (χ2n) is 4.59. The zero-order valence-electron chi connectivity index (χ0n) is 10.8. The van der Waals surface area contributed by atoms with Gasteiger partial charge in [0.15, 0.2) is 0 Å². The number of benzene rings is 1. The van der Waals surface area contributed by atoms with Crippen LogP contribution in [-0.2, 0) is 9.59 Å². The Kier molecular flexibility index (Phi) is 3.15. The normalized spacial score (nSPS) is 15.9. The number of carbonyl (C=O) groups is 2. The van der Waals surface area contributed by atoms with E-state index in [1.54, 1.807) is 13.8 Å². The number of anilines is 1. The average molecular weight is 308 g/mol. The molecule has 0 atom stereocenters. The third kappa shape index (κ3) is 1.81. The zero-order chi connectivity index (χ0) is 13.6. The molecule has 0 N–H and O–H groups in total. The Morgan fingerprint density at radius 1 is 0.889 bits per heavy atom. The van der Waals surface area contributed by atoms with Crippen molar-refractivity contribution in [2.45, 2.75) is 27.7 Å². The van der Waals surface area contributed by atoms with Gasteiger partial charge in [-0.2, -0.15) is 0 Å². The highest BCUT2D eigenvalue weighted by Gasteiger charge is 2.34. The van der Waals surface area contributed by atoms with Gasteiger partial charge in [0.05, 0.1) is 5.69 Å². The minimum absolute atomic E-state index is 0.223. The van der Waals surface area contributed by atoms with Crippen molar-refractivity contribution in [1.29, 1.82) is 0 Å². The van der Waals surface area contributed by atoms with Gasteiger partial charge in [0, 0.05) is 15.6 Å². The molecule has 1 heterocycles. The maximum absolute atomic E-state index is 12.1. The fourth-order valence-electron chi connectivity index (χ4n) is 2.04. The molecule has 94 valence electrons. The number of hydrogen-bond acceptors (Lipinski definition) is 2. The van der Waals surface area contributed by atoms with Gasteiger partial charge in [-0.1, -0.05) is 15.9 Å². The van der Waals surface area contributed by atoms with Crippen molar-refractivity contribution < 1.29 is 9.59 Å². The molecule has 3 nitrogen and oxygen atoms in total. The maximum Gasteiger partial charge on any atom is 0.261 e. The Morgan fingerprint density at radius 3 is 1.67 bits per heavy atom. The molecule has 0 saturated heterocycles. The van der Waals surface area contributed by atoms with E-state index in [1.165, 1.54) is 4.90 Å². The average Bonchev–Trinajstić information content (AvgIpc) is 2.50. The van der Waals surface area contributed by atoms with E-state index in [9.17, 15) is 9.59 Å². The molecule has 0 radical (unpaired) electrons. The molecule has 1 aliphatic rings. The van der Waals surface area contributed by atoms with E-state index in [0.29, 0.717) is 16.8 Å². The van der Waals surface area contributed by atoms with Crippen LogP contribution in [0.15, 0.2) is 27.8 Å². The van der Waals surface area contributed by atoms with Crippen molar-refractivity contribution in [3.05, 3.63) is 38.9 Å². The predicted molar refractivity (Wildman–Crippen MR) is 74.5 cm³/mol. The molecule has 1 aliphatic heterocycles. The van der Waals surface area contributed by atoms with Crippen LogP contribution in [0.2, 0.25) is 0 Å². The summed E-state index contributed by atoms with van der Waals surface area (Å²) >= 11 is 3.48. The Labute approximate surface area is 115 Å². The fourth-order valence-corrected chi connectivity index (χ4v) is 2.26. The van der Waals surface area contributed by atoms with Crippen molar-refractivity contribution in [2.24, 2.45) is 0 Å². The summed E-state index contributed by atoms with van der Waals surface area (Å²) in [5.74, 6) is -0.447.